The van der Waals surface area contributed by atoms with Crippen LogP contribution in [0.4, 0.5) is 0 Å². The van der Waals surface area contributed by atoms with Gasteiger partial charge < -0.3 is 15.1 Å². The van der Waals surface area contributed by atoms with Crippen molar-refractivity contribution in [3.8, 4) is 0 Å². The second kappa shape index (κ2) is 4.88. The van der Waals surface area contributed by atoms with Crippen LogP contribution in [0, 0.1) is 0 Å². The first-order valence-corrected chi connectivity index (χ1v) is 7.08. The summed E-state index contributed by atoms with van der Waals surface area (Å²) in [5, 5.41) is 19.7. The van der Waals surface area contributed by atoms with Crippen LogP contribution in [-0.4, -0.2) is 45.7 Å². The Balaban J connectivity index is 1.93. The number of rotatable bonds is 2. The van der Waals surface area contributed by atoms with Crippen molar-refractivity contribution in [2.45, 2.75) is 18.6 Å². The second-order valence-electron chi connectivity index (χ2n) is 4.85. The number of carbonyl (C=O) groups excluding carboxylic acids is 1. The molecule has 2 N–H and O–H groups in total. The fraction of sp³-hybridized carbons (Fsp3) is 0.286. The van der Waals surface area contributed by atoms with Crippen molar-refractivity contribution < 1.29 is 19.8 Å². The van der Waals surface area contributed by atoms with Gasteiger partial charge in [-0.3, -0.25) is 4.79 Å². The lowest BCUT2D eigenvalue weighted by molar-refractivity contribution is -0.141. The van der Waals surface area contributed by atoms with E-state index < -0.39 is 18.1 Å². The summed E-state index contributed by atoms with van der Waals surface area (Å²) in [6.45, 7) is 0.0735. The van der Waals surface area contributed by atoms with Gasteiger partial charge in [-0.15, -0.1) is 11.3 Å². The lowest BCUT2D eigenvalue weighted by Gasteiger charge is -2.20. The number of carboxylic acid groups (broad SMARTS) is 1. The standard InChI is InChI=1S/C14H13NO4S/c16-9-6-10(14(18)19)15(7-9)13(17)12-5-8-3-1-2-4-11(8)20-12/h1-5,9-10,16H,6-7H2,(H,18,19). The Hall–Kier alpha value is -1.92. The molecule has 1 amide bonds. The predicted octanol–water partition coefficient (Wildman–Crippen LogP) is 1.56. The van der Waals surface area contributed by atoms with Crippen LogP contribution in [0.1, 0.15) is 16.1 Å². The number of hydrogen-bond donors (Lipinski definition) is 2. The van der Waals surface area contributed by atoms with Crippen molar-refractivity contribution in [2.75, 3.05) is 6.54 Å². The van der Waals surface area contributed by atoms with Crippen molar-refractivity contribution in [3.63, 3.8) is 0 Å². The molecule has 0 saturated carbocycles. The smallest absolute Gasteiger partial charge is 0.326 e. The third-order valence-electron chi connectivity index (χ3n) is 3.46. The molecule has 0 aliphatic carbocycles. The molecule has 2 unspecified atom stereocenters. The molecule has 1 aromatic heterocycles. The summed E-state index contributed by atoms with van der Waals surface area (Å²) in [5.41, 5.74) is 0. The molecule has 1 aliphatic heterocycles. The summed E-state index contributed by atoms with van der Waals surface area (Å²) >= 11 is 1.34. The van der Waals surface area contributed by atoms with E-state index in [4.69, 9.17) is 5.11 Å². The molecule has 2 heterocycles. The lowest BCUT2D eigenvalue weighted by Crippen LogP contribution is -2.40. The number of aliphatic hydroxyl groups excluding tert-OH is 1. The summed E-state index contributed by atoms with van der Waals surface area (Å²) in [6, 6.07) is 8.45. The molecule has 0 radical (unpaired) electrons. The van der Waals surface area contributed by atoms with Gasteiger partial charge in [0.2, 0.25) is 0 Å². The van der Waals surface area contributed by atoms with E-state index in [1.807, 2.05) is 24.3 Å². The average Bonchev–Trinajstić information content (AvgIpc) is 3.01. The van der Waals surface area contributed by atoms with E-state index >= 15 is 0 Å². The van der Waals surface area contributed by atoms with Crippen LogP contribution < -0.4 is 0 Å². The number of benzene rings is 1. The average molecular weight is 291 g/mol. The van der Waals surface area contributed by atoms with Crippen LogP contribution in [0.2, 0.25) is 0 Å². The maximum atomic E-state index is 12.4. The van der Waals surface area contributed by atoms with Crippen LogP contribution in [0.3, 0.4) is 0 Å². The Kier molecular flexibility index (Phi) is 3.19. The van der Waals surface area contributed by atoms with Gasteiger partial charge in [-0.25, -0.2) is 4.79 Å². The van der Waals surface area contributed by atoms with Crippen molar-refractivity contribution >= 4 is 33.3 Å². The largest absolute Gasteiger partial charge is 0.480 e. The highest BCUT2D eigenvalue weighted by atomic mass is 32.1. The number of β-amino-alcohol motifs (C(OH)–C–C–N with tert-alkyl or cyclic N) is 1. The second-order valence-corrected chi connectivity index (χ2v) is 5.93. The molecule has 1 aromatic carbocycles. The number of thiophene rings is 1. The fourth-order valence-corrected chi connectivity index (χ4v) is 3.52. The number of carboxylic acids is 1. The molecule has 2 atom stereocenters. The van der Waals surface area contributed by atoms with Crippen molar-refractivity contribution in [3.05, 3.63) is 35.2 Å². The number of likely N-dealkylation sites (tertiary alicyclic amines) is 1. The summed E-state index contributed by atoms with van der Waals surface area (Å²) in [7, 11) is 0. The summed E-state index contributed by atoms with van der Waals surface area (Å²) in [6.07, 6.45) is -0.680. The van der Waals surface area contributed by atoms with Gasteiger partial charge in [-0.05, 0) is 17.5 Å². The quantitative estimate of drug-likeness (QED) is 0.880. The molecular formula is C14H13NO4S. The van der Waals surface area contributed by atoms with E-state index in [9.17, 15) is 14.7 Å². The van der Waals surface area contributed by atoms with Crippen LogP contribution in [0.5, 0.6) is 0 Å². The minimum atomic E-state index is -1.07. The van der Waals surface area contributed by atoms with Gasteiger partial charge in [-0.1, -0.05) is 18.2 Å². The molecule has 20 heavy (non-hydrogen) atoms. The van der Waals surface area contributed by atoms with Crippen LogP contribution in [0.25, 0.3) is 10.1 Å². The Morgan fingerprint density at radius 3 is 2.75 bits per heavy atom. The van der Waals surface area contributed by atoms with Gasteiger partial charge in [-0.2, -0.15) is 0 Å². The molecule has 2 aromatic rings. The minimum Gasteiger partial charge on any atom is -0.480 e. The molecule has 3 rings (SSSR count). The number of aliphatic hydroxyl groups is 1. The molecule has 104 valence electrons. The Bertz CT molecular complexity index is 648. The van der Waals surface area contributed by atoms with E-state index in [1.165, 1.54) is 16.2 Å². The van der Waals surface area contributed by atoms with Crippen LogP contribution in [-0.2, 0) is 4.79 Å². The van der Waals surface area contributed by atoms with E-state index in [1.54, 1.807) is 6.07 Å². The Morgan fingerprint density at radius 1 is 1.30 bits per heavy atom. The number of amides is 1. The molecule has 6 heteroatoms. The summed E-state index contributed by atoms with van der Waals surface area (Å²) < 4.78 is 0.988. The third-order valence-corrected chi connectivity index (χ3v) is 4.57. The zero-order valence-corrected chi connectivity index (χ0v) is 11.3. The van der Waals surface area contributed by atoms with Gasteiger partial charge in [0.25, 0.3) is 5.91 Å². The highest BCUT2D eigenvalue weighted by Crippen LogP contribution is 2.29. The predicted molar refractivity (Wildman–Crippen MR) is 74.9 cm³/mol. The Morgan fingerprint density at radius 2 is 2.05 bits per heavy atom. The van der Waals surface area contributed by atoms with Crippen molar-refractivity contribution in [2.24, 2.45) is 0 Å². The van der Waals surface area contributed by atoms with Gasteiger partial charge in [0.15, 0.2) is 0 Å². The summed E-state index contributed by atoms with van der Waals surface area (Å²) in [5.74, 6) is -1.40. The first-order chi connectivity index (χ1) is 9.56. The first kappa shape index (κ1) is 13.1. The molecule has 0 spiro atoms. The monoisotopic (exact) mass is 291 g/mol. The zero-order valence-electron chi connectivity index (χ0n) is 10.5. The highest BCUT2D eigenvalue weighted by Gasteiger charge is 2.39. The highest BCUT2D eigenvalue weighted by molar-refractivity contribution is 7.20. The fourth-order valence-electron chi connectivity index (χ4n) is 2.50. The van der Waals surface area contributed by atoms with E-state index in [0.717, 1.165) is 10.1 Å². The SMILES string of the molecule is O=C(O)C1CC(O)CN1C(=O)c1cc2ccccc2s1. The van der Waals surface area contributed by atoms with E-state index in [2.05, 4.69) is 0 Å². The third kappa shape index (κ3) is 2.17. The number of fused-ring (bicyclic) bond motifs is 1. The normalized spacial score (nSPS) is 22.4. The minimum absolute atomic E-state index is 0.0735. The molecule has 0 bridgehead atoms. The van der Waals surface area contributed by atoms with Crippen LogP contribution >= 0.6 is 11.3 Å². The van der Waals surface area contributed by atoms with Gasteiger partial charge in [0.1, 0.15) is 6.04 Å². The number of nitrogens with zero attached hydrogens (tertiary/aromatic N) is 1. The maximum Gasteiger partial charge on any atom is 0.326 e. The maximum absolute atomic E-state index is 12.4. The van der Waals surface area contributed by atoms with E-state index in [0.29, 0.717) is 4.88 Å². The number of hydrogen-bond acceptors (Lipinski definition) is 4. The number of aliphatic carboxylic acids is 1. The van der Waals surface area contributed by atoms with E-state index in [-0.39, 0.29) is 18.9 Å². The van der Waals surface area contributed by atoms with Crippen LogP contribution in [0.15, 0.2) is 30.3 Å². The molecule has 1 fully saturated rings. The zero-order chi connectivity index (χ0) is 14.3. The molecule has 5 nitrogen and oxygen atoms in total. The summed E-state index contributed by atoms with van der Waals surface area (Å²) in [4.78, 5) is 25.4. The van der Waals surface area contributed by atoms with Crippen molar-refractivity contribution in [1.29, 1.82) is 0 Å². The Labute approximate surface area is 119 Å². The first-order valence-electron chi connectivity index (χ1n) is 6.26. The topological polar surface area (TPSA) is 77.8 Å². The van der Waals surface area contributed by atoms with Gasteiger partial charge in [0, 0.05) is 17.7 Å². The van der Waals surface area contributed by atoms with Gasteiger partial charge >= 0.3 is 5.97 Å². The van der Waals surface area contributed by atoms with Crippen molar-refractivity contribution in [1.82, 2.24) is 4.90 Å². The lowest BCUT2D eigenvalue weighted by atomic mass is 10.2. The molecular weight excluding hydrogens is 278 g/mol. The molecule has 1 aliphatic rings. The van der Waals surface area contributed by atoms with Gasteiger partial charge in [0.05, 0.1) is 11.0 Å². The molecule has 1 saturated heterocycles. The number of carbonyl (C=O) groups is 2.